The number of carbonyl (C=O) groups excluding carboxylic acids is 1. The van der Waals surface area contributed by atoms with E-state index < -0.39 is 17.9 Å². The fraction of sp³-hybridized carbons (Fsp3) is 0.312. The van der Waals surface area contributed by atoms with E-state index >= 15 is 0 Å². The maximum atomic E-state index is 12.2. The molecule has 2 aromatic rings. The second-order valence-electron chi connectivity index (χ2n) is 5.34. The van der Waals surface area contributed by atoms with Gasteiger partial charge in [0.15, 0.2) is 5.76 Å². The highest BCUT2D eigenvalue weighted by Gasteiger charge is 2.24. The largest absolute Gasteiger partial charge is 0.480 e. The Morgan fingerprint density at radius 1 is 1.27 bits per heavy atom. The Hall–Kier alpha value is -2.63. The fourth-order valence-corrected chi connectivity index (χ4v) is 2.10. The average molecular weight is 302 g/mol. The van der Waals surface area contributed by atoms with Crippen LogP contribution in [-0.4, -0.2) is 28.0 Å². The third-order valence-electron chi connectivity index (χ3n) is 3.32. The van der Waals surface area contributed by atoms with Gasteiger partial charge in [0.05, 0.1) is 17.5 Å². The molecule has 2 N–H and O–H groups in total. The minimum atomic E-state index is -1.05. The third kappa shape index (κ3) is 3.33. The number of aliphatic carboxylic acids is 1. The second kappa shape index (κ2) is 6.43. The van der Waals surface area contributed by atoms with E-state index in [9.17, 15) is 9.59 Å². The van der Waals surface area contributed by atoms with Crippen LogP contribution in [0.25, 0.3) is 11.5 Å². The number of nitrogens with one attached hydrogen (secondary N) is 1. The van der Waals surface area contributed by atoms with E-state index in [1.54, 1.807) is 51.3 Å². The van der Waals surface area contributed by atoms with E-state index in [4.69, 9.17) is 9.52 Å². The summed E-state index contributed by atoms with van der Waals surface area (Å²) in [4.78, 5) is 27.7. The number of amides is 1. The van der Waals surface area contributed by atoms with Gasteiger partial charge in [-0.2, -0.15) is 0 Å². The molecule has 0 unspecified atom stereocenters. The van der Waals surface area contributed by atoms with Crippen LogP contribution in [0.2, 0.25) is 0 Å². The Morgan fingerprint density at radius 2 is 2.00 bits per heavy atom. The van der Waals surface area contributed by atoms with E-state index in [2.05, 4.69) is 10.3 Å². The summed E-state index contributed by atoms with van der Waals surface area (Å²) in [7, 11) is 0. The highest BCUT2D eigenvalue weighted by Crippen LogP contribution is 2.19. The topological polar surface area (TPSA) is 92.4 Å². The van der Waals surface area contributed by atoms with Gasteiger partial charge in [-0.3, -0.25) is 4.79 Å². The molecule has 116 valence electrons. The summed E-state index contributed by atoms with van der Waals surface area (Å²) < 4.78 is 5.26. The van der Waals surface area contributed by atoms with Crippen molar-refractivity contribution in [2.45, 2.75) is 26.8 Å². The van der Waals surface area contributed by atoms with Gasteiger partial charge in [-0.15, -0.1) is 0 Å². The summed E-state index contributed by atoms with van der Waals surface area (Å²) in [6, 6.07) is 5.89. The van der Waals surface area contributed by atoms with Crippen LogP contribution in [0.3, 0.4) is 0 Å². The molecule has 0 fully saturated rings. The molecule has 22 heavy (non-hydrogen) atoms. The van der Waals surface area contributed by atoms with Gasteiger partial charge in [0.25, 0.3) is 5.91 Å². The number of furan rings is 1. The van der Waals surface area contributed by atoms with Crippen molar-refractivity contribution in [1.29, 1.82) is 0 Å². The van der Waals surface area contributed by atoms with Crippen LogP contribution >= 0.6 is 0 Å². The molecule has 2 heterocycles. The van der Waals surface area contributed by atoms with Gasteiger partial charge < -0.3 is 14.8 Å². The number of carboxylic acid groups (broad SMARTS) is 1. The van der Waals surface area contributed by atoms with Crippen molar-refractivity contribution < 1.29 is 19.1 Å². The smallest absolute Gasteiger partial charge is 0.326 e. The highest BCUT2D eigenvalue weighted by atomic mass is 16.4. The van der Waals surface area contributed by atoms with Crippen LogP contribution in [0, 0.1) is 12.8 Å². The van der Waals surface area contributed by atoms with Crippen molar-refractivity contribution in [3.05, 3.63) is 41.8 Å². The van der Waals surface area contributed by atoms with E-state index in [0.717, 1.165) is 0 Å². The first-order valence-electron chi connectivity index (χ1n) is 6.95. The number of hydrogen-bond acceptors (Lipinski definition) is 4. The van der Waals surface area contributed by atoms with E-state index in [1.807, 2.05) is 0 Å². The molecule has 0 aliphatic carbocycles. The van der Waals surface area contributed by atoms with Crippen molar-refractivity contribution in [2.24, 2.45) is 5.92 Å². The standard InChI is InChI=1S/C16H18N2O4/c1-9(2)14(16(20)21)18-15(19)11-6-7-12(17-10(11)3)13-5-4-8-22-13/h4-9,14H,1-3H3,(H,18,19)(H,20,21)/t14-/m0/s1. The number of carbonyl (C=O) groups is 2. The summed E-state index contributed by atoms with van der Waals surface area (Å²) in [5, 5.41) is 11.7. The molecule has 0 aliphatic heterocycles. The SMILES string of the molecule is Cc1nc(-c2ccco2)ccc1C(=O)N[C@H](C(=O)O)C(C)C. The summed E-state index contributed by atoms with van der Waals surface area (Å²) in [6.45, 7) is 5.18. The molecule has 6 nitrogen and oxygen atoms in total. The molecule has 0 saturated carbocycles. The monoisotopic (exact) mass is 302 g/mol. The Morgan fingerprint density at radius 3 is 2.50 bits per heavy atom. The Bertz CT molecular complexity index is 677. The average Bonchev–Trinajstić information content (AvgIpc) is 2.97. The minimum absolute atomic E-state index is 0.211. The van der Waals surface area contributed by atoms with Crippen molar-refractivity contribution >= 4 is 11.9 Å². The first-order chi connectivity index (χ1) is 10.4. The van der Waals surface area contributed by atoms with Crippen molar-refractivity contribution in [2.75, 3.05) is 0 Å². The van der Waals surface area contributed by atoms with Crippen molar-refractivity contribution in [3.8, 4) is 11.5 Å². The lowest BCUT2D eigenvalue weighted by Crippen LogP contribution is -2.44. The number of aryl methyl sites for hydroxylation is 1. The summed E-state index contributed by atoms with van der Waals surface area (Å²) in [6.07, 6.45) is 1.55. The molecule has 0 spiro atoms. The first kappa shape index (κ1) is 15.8. The van der Waals surface area contributed by atoms with Crippen molar-refractivity contribution in [1.82, 2.24) is 10.3 Å². The second-order valence-corrected chi connectivity index (χ2v) is 5.34. The molecular formula is C16H18N2O4. The van der Waals surface area contributed by atoms with Gasteiger partial charge in [0, 0.05) is 0 Å². The third-order valence-corrected chi connectivity index (χ3v) is 3.32. The maximum absolute atomic E-state index is 12.2. The fourth-order valence-electron chi connectivity index (χ4n) is 2.10. The first-order valence-corrected chi connectivity index (χ1v) is 6.95. The van der Waals surface area contributed by atoms with Crippen LogP contribution in [0.5, 0.6) is 0 Å². The molecule has 0 bridgehead atoms. The van der Waals surface area contributed by atoms with Crippen LogP contribution in [0.15, 0.2) is 34.9 Å². The summed E-state index contributed by atoms with van der Waals surface area (Å²) >= 11 is 0. The molecule has 0 aromatic carbocycles. The summed E-state index contributed by atoms with van der Waals surface area (Å²) in [5.41, 5.74) is 1.49. The molecule has 0 radical (unpaired) electrons. The van der Waals surface area contributed by atoms with E-state index in [0.29, 0.717) is 22.7 Å². The number of nitrogens with zero attached hydrogens (tertiary/aromatic N) is 1. The van der Waals surface area contributed by atoms with Crippen molar-refractivity contribution in [3.63, 3.8) is 0 Å². The van der Waals surface area contributed by atoms with Crippen LogP contribution in [-0.2, 0) is 4.79 Å². The normalized spacial score (nSPS) is 12.2. The minimum Gasteiger partial charge on any atom is -0.480 e. The number of carboxylic acids is 1. The van der Waals surface area contributed by atoms with Gasteiger partial charge >= 0.3 is 5.97 Å². The highest BCUT2D eigenvalue weighted by molar-refractivity contribution is 5.97. The molecule has 6 heteroatoms. The quantitative estimate of drug-likeness (QED) is 0.885. The zero-order chi connectivity index (χ0) is 16.3. The Labute approximate surface area is 128 Å². The molecular weight excluding hydrogens is 284 g/mol. The van der Waals surface area contributed by atoms with Gasteiger partial charge in [-0.05, 0) is 37.1 Å². The number of aromatic nitrogens is 1. The molecule has 1 atom stereocenters. The number of rotatable bonds is 5. The molecule has 0 aliphatic rings. The molecule has 2 rings (SSSR count). The van der Waals surface area contributed by atoms with Gasteiger partial charge in [-0.1, -0.05) is 13.8 Å². The molecule has 0 saturated heterocycles. The lowest BCUT2D eigenvalue weighted by molar-refractivity contribution is -0.140. The zero-order valence-corrected chi connectivity index (χ0v) is 12.7. The van der Waals surface area contributed by atoms with E-state index in [-0.39, 0.29) is 5.92 Å². The lowest BCUT2D eigenvalue weighted by atomic mass is 10.0. The Balaban J connectivity index is 2.22. The predicted molar refractivity (Wildman–Crippen MR) is 80.4 cm³/mol. The lowest BCUT2D eigenvalue weighted by Gasteiger charge is -2.18. The maximum Gasteiger partial charge on any atom is 0.326 e. The van der Waals surface area contributed by atoms with Crippen LogP contribution in [0.1, 0.15) is 29.9 Å². The number of pyridine rings is 1. The molecule has 2 aromatic heterocycles. The molecule has 1 amide bonds. The van der Waals surface area contributed by atoms with Crippen LogP contribution in [0.4, 0.5) is 0 Å². The Kier molecular flexibility index (Phi) is 4.60. The zero-order valence-electron chi connectivity index (χ0n) is 12.7. The van der Waals surface area contributed by atoms with Gasteiger partial charge in [-0.25, -0.2) is 9.78 Å². The predicted octanol–water partition coefficient (Wildman–Crippen LogP) is 2.49. The summed E-state index contributed by atoms with van der Waals surface area (Å²) in [5.74, 6) is -1.10. The van der Waals surface area contributed by atoms with E-state index in [1.165, 1.54) is 0 Å². The van der Waals surface area contributed by atoms with Gasteiger partial charge in [0.2, 0.25) is 0 Å². The van der Waals surface area contributed by atoms with Crippen LogP contribution < -0.4 is 5.32 Å². The number of hydrogen-bond donors (Lipinski definition) is 2. The van der Waals surface area contributed by atoms with Gasteiger partial charge in [0.1, 0.15) is 11.7 Å².